The van der Waals surface area contributed by atoms with E-state index in [0.29, 0.717) is 22.3 Å². The Morgan fingerprint density at radius 3 is 2.75 bits per heavy atom. The standard InChI is InChI=1S/C12H13ClO3/c1-16-10-5-7(6-11(14)15)4-9(13)12(10)8-2-3-8/h4-5,8H,2-3,6H2,1H3,(H,14,15). The highest BCUT2D eigenvalue weighted by Crippen LogP contribution is 2.47. The molecule has 1 aromatic carbocycles. The Hall–Kier alpha value is -1.22. The first-order valence-corrected chi connectivity index (χ1v) is 5.57. The largest absolute Gasteiger partial charge is 0.496 e. The van der Waals surface area contributed by atoms with Crippen molar-refractivity contribution in [2.24, 2.45) is 0 Å². The molecule has 16 heavy (non-hydrogen) atoms. The van der Waals surface area contributed by atoms with Crippen LogP contribution in [0.5, 0.6) is 5.75 Å². The Kier molecular flexibility index (Phi) is 3.06. The third-order valence-electron chi connectivity index (χ3n) is 2.71. The molecule has 4 heteroatoms. The van der Waals surface area contributed by atoms with Crippen LogP contribution in [0.2, 0.25) is 5.02 Å². The van der Waals surface area contributed by atoms with Gasteiger partial charge in [0.2, 0.25) is 0 Å². The number of methoxy groups -OCH3 is 1. The number of carboxylic acid groups (broad SMARTS) is 1. The lowest BCUT2D eigenvalue weighted by Crippen LogP contribution is -2.02. The molecule has 1 aliphatic carbocycles. The Bertz CT molecular complexity index is 425. The smallest absolute Gasteiger partial charge is 0.307 e. The fourth-order valence-electron chi connectivity index (χ4n) is 1.86. The van der Waals surface area contributed by atoms with Gasteiger partial charge in [0.25, 0.3) is 0 Å². The van der Waals surface area contributed by atoms with Gasteiger partial charge >= 0.3 is 5.97 Å². The molecule has 0 amide bonds. The van der Waals surface area contributed by atoms with Crippen LogP contribution in [0.3, 0.4) is 0 Å². The van der Waals surface area contributed by atoms with Crippen LogP contribution in [0.25, 0.3) is 0 Å². The lowest BCUT2D eigenvalue weighted by Gasteiger charge is -2.11. The molecule has 1 saturated carbocycles. The molecule has 0 heterocycles. The maximum atomic E-state index is 10.6. The number of carbonyl (C=O) groups is 1. The number of benzene rings is 1. The van der Waals surface area contributed by atoms with Crippen molar-refractivity contribution >= 4 is 17.6 Å². The fourth-order valence-corrected chi connectivity index (χ4v) is 2.25. The van der Waals surface area contributed by atoms with Crippen LogP contribution >= 0.6 is 11.6 Å². The van der Waals surface area contributed by atoms with E-state index in [2.05, 4.69) is 0 Å². The Morgan fingerprint density at radius 2 is 2.25 bits per heavy atom. The molecule has 0 aromatic heterocycles. The van der Waals surface area contributed by atoms with Crippen molar-refractivity contribution < 1.29 is 14.6 Å². The molecule has 1 aliphatic rings. The number of halogens is 1. The molecule has 0 saturated heterocycles. The number of hydrogen-bond acceptors (Lipinski definition) is 2. The average molecular weight is 241 g/mol. The number of carboxylic acids is 1. The fraction of sp³-hybridized carbons (Fsp3) is 0.417. The van der Waals surface area contributed by atoms with E-state index in [1.807, 2.05) is 0 Å². The van der Waals surface area contributed by atoms with E-state index in [0.717, 1.165) is 18.4 Å². The van der Waals surface area contributed by atoms with Crippen LogP contribution in [0.4, 0.5) is 0 Å². The van der Waals surface area contributed by atoms with E-state index in [-0.39, 0.29) is 6.42 Å². The summed E-state index contributed by atoms with van der Waals surface area (Å²) in [7, 11) is 1.59. The minimum atomic E-state index is -0.864. The number of rotatable bonds is 4. The quantitative estimate of drug-likeness (QED) is 0.880. The summed E-state index contributed by atoms with van der Waals surface area (Å²) in [4.78, 5) is 10.6. The van der Waals surface area contributed by atoms with Gasteiger partial charge in [-0.25, -0.2) is 0 Å². The highest BCUT2D eigenvalue weighted by molar-refractivity contribution is 6.31. The summed E-state index contributed by atoms with van der Waals surface area (Å²) in [6.07, 6.45) is 2.24. The van der Waals surface area contributed by atoms with Crippen LogP contribution in [0.1, 0.15) is 29.9 Å². The summed E-state index contributed by atoms with van der Waals surface area (Å²) in [6, 6.07) is 3.50. The molecular weight excluding hydrogens is 228 g/mol. The first-order chi connectivity index (χ1) is 7.61. The minimum Gasteiger partial charge on any atom is -0.496 e. The lowest BCUT2D eigenvalue weighted by atomic mass is 10.0. The molecule has 0 atom stereocenters. The Morgan fingerprint density at radius 1 is 1.56 bits per heavy atom. The molecule has 0 spiro atoms. The zero-order valence-corrected chi connectivity index (χ0v) is 9.75. The van der Waals surface area contributed by atoms with Gasteiger partial charge in [-0.2, -0.15) is 0 Å². The van der Waals surface area contributed by atoms with Crippen molar-refractivity contribution in [3.05, 3.63) is 28.3 Å². The van der Waals surface area contributed by atoms with Crippen LogP contribution < -0.4 is 4.74 Å². The van der Waals surface area contributed by atoms with Crippen LogP contribution in [0, 0.1) is 0 Å². The van der Waals surface area contributed by atoms with Crippen molar-refractivity contribution in [3.63, 3.8) is 0 Å². The van der Waals surface area contributed by atoms with Gasteiger partial charge in [-0.3, -0.25) is 4.79 Å². The van der Waals surface area contributed by atoms with E-state index in [9.17, 15) is 4.79 Å². The second-order valence-electron chi connectivity index (χ2n) is 4.04. The van der Waals surface area contributed by atoms with Gasteiger partial charge in [0.05, 0.1) is 13.5 Å². The van der Waals surface area contributed by atoms with Gasteiger partial charge in [0.1, 0.15) is 5.75 Å². The summed E-state index contributed by atoms with van der Waals surface area (Å²) in [5.41, 5.74) is 1.71. The van der Waals surface area contributed by atoms with Gasteiger partial charge < -0.3 is 9.84 Å². The topological polar surface area (TPSA) is 46.5 Å². The van der Waals surface area contributed by atoms with Crippen molar-refractivity contribution in [1.29, 1.82) is 0 Å². The molecule has 2 rings (SSSR count). The van der Waals surface area contributed by atoms with Crippen molar-refractivity contribution in [3.8, 4) is 5.75 Å². The maximum absolute atomic E-state index is 10.6. The second-order valence-corrected chi connectivity index (χ2v) is 4.45. The van der Waals surface area contributed by atoms with Gasteiger partial charge in [-0.1, -0.05) is 11.6 Å². The number of aliphatic carboxylic acids is 1. The normalized spacial score (nSPS) is 14.9. The van der Waals surface area contributed by atoms with E-state index in [4.69, 9.17) is 21.4 Å². The molecule has 3 nitrogen and oxygen atoms in total. The molecule has 0 bridgehead atoms. The lowest BCUT2D eigenvalue weighted by molar-refractivity contribution is -0.136. The molecule has 1 aromatic rings. The highest BCUT2D eigenvalue weighted by Gasteiger charge is 2.29. The van der Waals surface area contributed by atoms with E-state index < -0.39 is 5.97 Å². The highest BCUT2D eigenvalue weighted by atomic mass is 35.5. The van der Waals surface area contributed by atoms with Gasteiger partial charge in [-0.15, -0.1) is 0 Å². The van der Waals surface area contributed by atoms with E-state index in [1.165, 1.54) is 0 Å². The third kappa shape index (κ3) is 2.30. The first kappa shape index (κ1) is 11.3. The molecule has 1 fully saturated rings. The predicted octanol–water partition coefficient (Wildman–Crippen LogP) is 2.85. The molecular formula is C12H13ClO3. The Labute approximate surface area is 99.0 Å². The van der Waals surface area contributed by atoms with E-state index in [1.54, 1.807) is 19.2 Å². The summed E-state index contributed by atoms with van der Waals surface area (Å²) in [5.74, 6) is 0.338. The van der Waals surface area contributed by atoms with Gasteiger partial charge in [-0.05, 0) is 36.5 Å². The average Bonchev–Trinajstić information content (AvgIpc) is 2.99. The molecule has 0 radical (unpaired) electrons. The molecule has 0 unspecified atom stereocenters. The van der Waals surface area contributed by atoms with Crippen molar-refractivity contribution in [1.82, 2.24) is 0 Å². The SMILES string of the molecule is COc1cc(CC(=O)O)cc(Cl)c1C1CC1. The maximum Gasteiger partial charge on any atom is 0.307 e. The predicted molar refractivity (Wildman–Crippen MR) is 61.3 cm³/mol. The molecule has 0 aliphatic heterocycles. The Balaban J connectivity index is 2.37. The zero-order chi connectivity index (χ0) is 11.7. The monoisotopic (exact) mass is 240 g/mol. The van der Waals surface area contributed by atoms with Crippen LogP contribution in [-0.4, -0.2) is 18.2 Å². The second kappa shape index (κ2) is 4.34. The van der Waals surface area contributed by atoms with Gasteiger partial charge in [0, 0.05) is 10.6 Å². The van der Waals surface area contributed by atoms with Gasteiger partial charge in [0.15, 0.2) is 0 Å². The van der Waals surface area contributed by atoms with Crippen LogP contribution in [-0.2, 0) is 11.2 Å². The molecule has 86 valence electrons. The number of hydrogen-bond donors (Lipinski definition) is 1. The van der Waals surface area contributed by atoms with Crippen LogP contribution in [0.15, 0.2) is 12.1 Å². The van der Waals surface area contributed by atoms with Crippen molar-refractivity contribution in [2.75, 3.05) is 7.11 Å². The first-order valence-electron chi connectivity index (χ1n) is 5.20. The summed E-state index contributed by atoms with van der Waals surface area (Å²) in [5, 5.41) is 9.35. The summed E-state index contributed by atoms with van der Waals surface area (Å²) in [6.45, 7) is 0. The number of ether oxygens (including phenoxy) is 1. The van der Waals surface area contributed by atoms with E-state index >= 15 is 0 Å². The summed E-state index contributed by atoms with van der Waals surface area (Å²) >= 11 is 6.16. The third-order valence-corrected chi connectivity index (χ3v) is 3.02. The zero-order valence-electron chi connectivity index (χ0n) is 9.00. The van der Waals surface area contributed by atoms with Crippen molar-refractivity contribution in [2.45, 2.75) is 25.2 Å². The summed E-state index contributed by atoms with van der Waals surface area (Å²) < 4.78 is 5.27. The minimum absolute atomic E-state index is 0.0268. The molecule has 1 N–H and O–H groups in total.